The molecule has 0 saturated carbocycles. The number of carbonyl (C=O) groups is 2. The molecule has 0 spiro atoms. The minimum atomic E-state index is -0.740. The van der Waals surface area contributed by atoms with Gasteiger partial charge in [-0.2, -0.15) is 0 Å². The molecule has 0 saturated heterocycles. The van der Waals surface area contributed by atoms with Gasteiger partial charge in [0.1, 0.15) is 11.8 Å². The monoisotopic (exact) mass is 305 g/mol. The van der Waals surface area contributed by atoms with E-state index in [-0.39, 0.29) is 6.61 Å². The molecule has 0 aliphatic heterocycles. The molecule has 1 unspecified atom stereocenters. The van der Waals surface area contributed by atoms with E-state index < -0.39 is 17.9 Å². The van der Waals surface area contributed by atoms with Gasteiger partial charge in [-0.15, -0.1) is 0 Å². The molecule has 1 aromatic rings. The number of methoxy groups -OCH3 is 1. The number of benzene rings is 1. The molecule has 1 atom stereocenters. The molecular weight excluding hydrogens is 293 g/mol. The molecule has 104 valence electrons. The Kier molecular flexibility index (Phi) is 5.92. The molecule has 19 heavy (non-hydrogen) atoms. The molecule has 1 aromatic carbocycles. The van der Waals surface area contributed by atoms with Gasteiger partial charge >= 0.3 is 5.97 Å². The van der Waals surface area contributed by atoms with Crippen molar-refractivity contribution in [3.05, 3.63) is 28.2 Å². The number of carbonyl (C=O) groups excluding carboxylic acids is 2. The second-order valence-corrected chi connectivity index (χ2v) is 4.52. The van der Waals surface area contributed by atoms with E-state index in [4.69, 9.17) is 27.9 Å². The lowest BCUT2D eigenvalue weighted by Gasteiger charge is -2.12. The molecule has 7 heteroatoms. The van der Waals surface area contributed by atoms with Crippen LogP contribution in [0.25, 0.3) is 0 Å². The highest BCUT2D eigenvalue weighted by atomic mass is 35.5. The van der Waals surface area contributed by atoms with Crippen LogP contribution in [0.4, 0.5) is 0 Å². The average Bonchev–Trinajstić information content (AvgIpc) is 2.38. The van der Waals surface area contributed by atoms with Gasteiger partial charge in [-0.3, -0.25) is 4.79 Å². The quantitative estimate of drug-likeness (QED) is 0.846. The number of esters is 1. The van der Waals surface area contributed by atoms with Crippen molar-refractivity contribution in [2.24, 2.45) is 0 Å². The Morgan fingerprint density at radius 1 is 1.37 bits per heavy atom. The van der Waals surface area contributed by atoms with Gasteiger partial charge in [0, 0.05) is 11.1 Å². The fourth-order valence-electron chi connectivity index (χ4n) is 1.25. The normalized spacial score (nSPS) is 11.6. The molecule has 0 heterocycles. The maximum absolute atomic E-state index is 11.5. The Labute approximate surface area is 120 Å². The minimum absolute atomic E-state index is 0.276. The zero-order valence-electron chi connectivity index (χ0n) is 10.4. The molecule has 1 N–H and O–H groups in total. The van der Waals surface area contributed by atoms with Crippen molar-refractivity contribution < 1.29 is 19.1 Å². The topological polar surface area (TPSA) is 64.6 Å². The van der Waals surface area contributed by atoms with Gasteiger partial charge < -0.3 is 14.8 Å². The van der Waals surface area contributed by atoms with Crippen molar-refractivity contribution in [2.45, 2.75) is 13.0 Å². The average molecular weight is 306 g/mol. The summed E-state index contributed by atoms with van der Waals surface area (Å²) in [5.74, 6) is -0.696. The van der Waals surface area contributed by atoms with Gasteiger partial charge in [0.05, 0.1) is 12.1 Å². The summed E-state index contributed by atoms with van der Waals surface area (Å²) in [6.07, 6.45) is 0. The predicted octanol–water partition coefficient (Wildman–Crippen LogP) is 2.05. The van der Waals surface area contributed by atoms with Gasteiger partial charge in [-0.05, 0) is 19.1 Å². The first-order valence-corrected chi connectivity index (χ1v) is 6.14. The number of amides is 1. The molecule has 0 aliphatic rings. The lowest BCUT2D eigenvalue weighted by atomic mass is 10.3. The molecule has 5 nitrogen and oxygen atoms in total. The number of hydrogen-bond donors (Lipinski definition) is 1. The molecule has 0 aliphatic carbocycles. The highest BCUT2D eigenvalue weighted by molar-refractivity contribution is 6.34. The summed E-state index contributed by atoms with van der Waals surface area (Å²) in [6, 6.07) is 3.93. The molecule has 0 radical (unpaired) electrons. The van der Waals surface area contributed by atoms with Crippen LogP contribution in [0.3, 0.4) is 0 Å². The van der Waals surface area contributed by atoms with E-state index >= 15 is 0 Å². The summed E-state index contributed by atoms with van der Waals surface area (Å²) in [7, 11) is 1.24. The van der Waals surface area contributed by atoms with E-state index in [2.05, 4.69) is 10.1 Å². The molecule has 0 fully saturated rings. The van der Waals surface area contributed by atoms with Crippen LogP contribution in [0.2, 0.25) is 10.0 Å². The number of ether oxygens (including phenoxy) is 2. The molecule has 0 bridgehead atoms. The molecular formula is C12H13Cl2NO4. The smallest absolute Gasteiger partial charge is 0.328 e. The van der Waals surface area contributed by atoms with Crippen molar-refractivity contribution in [3.63, 3.8) is 0 Å². The van der Waals surface area contributed by atoms with E-state index in [1.54, 1.807) is 12.1 Å². The van der Waals surface area contributed by atoms with E-state index in [0.717, 1.165) is 0 Å². The van der Waals surface area contributed by atoms with Gasteiger partial charge in [0.2, 0.25) is 0 Å². The van der Waals surface area contributed by atoms with Crippen molar-refractivity contribution in [1.29, 1.82) is 0 Å². The van der Waals surface area contributed by atoms with Gasteiger partial charge in [0.15, 0.2) is 6.61 Å². The lowest BCUT2D eigenvalue weighted by molar-refractivity contribution is -0.144. The molecule has 1 rings (SSSR count). The fourth-order valence-corrected chi connectivity index (χ4v) is 1.58. The van der Waals surface area contributed by atoms with Crippen LogP contribution in [0.1, 0.15) is 6.92 Å². The van der Waals surface area contributed by atoms with E-state index in [9.17, 15) is 9.59 Å². The summed E-state index contributed by atoms with van der Waals surface area (Å²) in [5, 5.41) is 3.21. The first kappa shape index (κ1) is 15.6. The maximum Gasteiger partial charge on any atom is 0.328 e. The van der Waals surface area contributed by atoms with Crippen molar-refractivity contribution in [2.75, 3.05) is 13.7 Å². The largest absolute Gasteiger partial charge is 0.482 e. The summed E-state index contributed by atoms with van der Waals surface area (Å²) in [5.41, 5.74) is 0. The Balaban J connectivity index is 2.50. The number of nitrogens with one attached hydrogen (secondary N) is 1. The number of hydrogen-bond acceptors (Lipinski definition) is 4. The van der Waals surface area contributed by atoms with Gasteiger partial charge in [0.25, 0.3) is 5.91 Å². The number of halogens is 2. The number of rotatable bonds is 5. The van der Waals surface area contributed by atoms with E-state index in [0.29, 0.717) is 15.8 Å². The highest BCUT2D eigenvalue weighted by Gasteiger charge is 2.16. The third-order valence-electron chi connectivity index (χ3n) is 2.18. The second-order valence-electron chi connectivity index (χ2n) is 3.68. The Hall–Kier alpha value is -1.46. The first-order valence-electron chi connectivity index (χ1n) is 5.39. The van der Waals surface area contributed by atoms with Crippen molar-refractivity contribution in [3.8, 4) is 5.75 Å². The van der Waals surface area contributed by atoms with Crippen LogP contribution >= 0.6 is 23.2 Å². The van der Waals surface area contributed by atoms with Crippen LogP contribution in [-0.4, -0.2) is 31.6 Å². The van der Waals surface area contributed by atoms with E-state index in [1.165, 1.54) is 20.1 Å². The Morgan fingerprint density at radius 3 is 2.68 bits per heavy atom. The second kappa shape index (κ2) is 7.21. The van der Waals surface area contributed by atoms with Crippen molar-refractivity contribution in [1.82, 2.24) is 5.32 Å². The SMILES string of the molecule is COC(=O)C(C)NC(=O)COc1cc(Cl)ccc1Cl. The van der Waals surface area contributed by atoms with Crippen LogP contribution < -0.4 is 10.1 Å². The van der Waals surface area contributed by atoms with Gasteiger partial charge in [-0.25, -0.2) is 4.79 Å². The Morgan fingerprint density at radius 2 is 2.05 bits per heavy atom. The minimum Gasteiger partial charge on any atom is -0.482 e. The predicted molar refractivity (Wildman–Crippen MR) is 71.6 cm³/mol. The first-order chi connectivity index (χ1) is 8.93. The van der Waals surface area contributed by atoms with Crippen LogP contribution in [0.15, 0.2) is 18.2 Å². The van der Waals surface area contributed by atoms with Crippen molar-refractivity contribution >= 4 is 35.1 Å². The summed E-state index contributed by atoms with van der Waals surface area (Å²) in [6.45, 7) is 1.23. The standard InChI is InChI=1S/C12H13Cl2NO4/c1-7(12(17)18-2)15-11(16)6-19-10-5-8(13)3-4-9(10)14/h3-5,7H,6H2,1-2H3,(H,15,16). The Bertz CT molecular complexity index is 479. The van der Waals surface area contributed by atoms with Crippen LogP contribution in [0.5, 0.6) is 5.75 Å². The summed E-state index contributed by atoms with van der Waals surface area (Å²) >= 11 is 11.6. The highest BCUT2D eigenvalue weighted by Crippen LogP contribution is 2.27. The molecule has 0 aromatic heterocycles. The fraction of sp³-hybridized carbons (Fsp3) is 0.333. The summed E-state index contributed by atoms with van der Waals surface area (Å²) in [4.78, 5) is 22.6. The zero-order chi connectivity index (χ0) is 14.4. The lowest BCUT2D eigenvalue weighted by Crippen LogP contribution is -2.41. The maximum atomic E-state index is 11.5. The van der Waals surface area contributed by atoms with Gasteiger partial charge in [-0.1, -0.05) is 23.2 Å². The van der Waals surface area contributed by atoms with E-state index in [1.807, 2.05) is 0 Å². The van der Waals surface area contributed by atoms with Crippen LogP contribution in [0, 0.1) is 0 Å². The third kappa shape index (κ3) is 4.96. The molecule has 1 amide bonds. The zero-order valence-corrected chi connectivity index (χ0v) is 11.9. The summed E-state index contributed by atoms with van der Waals surface area (Å²) < 4.78 is 9.69. The van der Waals surface area contributed by atoms with Crippen LogP contribution in [-0.2, 0) is 14.3 Å². The third-order valence-corrected chi connectivity index (χ3v) is 2.73.